The predicted octanol–water partition coefficient (Wildman–Crippen LogP) is 6.20. The molecule has 0 saturated heterocycles. The number of hydrogen-bond acceptors (Lipinski definition) is 3. The van der Waals surface area contributed by atoms with Crippen LogP contribution in [0.4, 0.5) is 5.13 Å². The van der Waals surface area contributed by atoms with Crippen molar-refractivity contribution in [3.63, 3.8) is 0 Å². The first kappa shape index (κ1) is 19.3. The summed E-state index contributed by atoms with van der Waals surface area (Å²) >= 11 is 1.56. The van der Waals surface area contributed by atoms with Gasteiger partial charge in [-0.1, -0.05) is 91.9 Å². The number of anilines is 1. The topological polar surface area (TPSA) is 33.2 Å². The van der Waals surface area contributed by atoms with Crippen LogP contribution in [-0.2, 0) is 17.8 Å². The lowest BCUT2D eigenvalue weighted by molar-refractivity contribution is -0.118. The third kappa shape index (κ3) is 4.54. The molecular weight excluding hydrogens is 376 g/mol. The molecule has 0 aliphatic rings. The first-order valence-electron chi connectivity index (χ1n) is 9.89. The molecule has 0 saturated carbocycles. The second kappa shape index (κ2) is 8.58. The number of para-hydroxylation sites is 1. The molecule has 4 rings (SSSR count). The molecule has 0 bridgehead atoms. The SMILES string of the molecule is CC(C)c1ccc(CC(=O)N(Cc2ccccc2)c2nc3ccccc3s2)cc1. The van der Waals surface area contributed by atoms with Crippen LogP contribution in [0.5, 0.6) is 0 Å². The number of carbonyl (C=O) groups excluding carboxylic acids is 1. The van der Waals surface area contributed by atoms with Crippen LogP contribution in [0, 0.1) is 0 Å². The fourth-order valence-corrected chi connectivity index (χ4v) is 4.28. The van der Waals surface area contributed by atoms with Crippen molar-refractivity contribution in [1.82, 2.24) is 4.98 Å². The summed E-state index contributed by atoms with van der Waals surface area (Å²) in [5.74, 6) is 0.544. The molecule has 1 amide bonds. The molecule has 0 unspecified atom stereocenters. The molecule has 0 spiro atoms. The summed E-state index contributed by atoms with van der Waals surface area (Å²) in [6, 6.07) is 26.5. The van der Waals surface area contributed by atoms with Crippen LogP contribution >= 0.6 is 11.3 Å². The van der Waals surface area contributed by atoms with Crippen molar-refractivity contribution < 1.29 is 4.79 Å². The lowest BCUT2D eigenvalue weighted by Crippen LogP contribution is -2.31. The van der Waals surface area contributed by atoms with E-state index in [1.807, 2.05) is 59.5 Å². The normalized spacial score (nSPS) is 11.1. The Labute approximate surface area is 175 Å². The lowest BCUT2D eigenvalue weighted by atomic mass is 10.0. The largest absolute Gasteiger partial charge is 0.283 e. The average Bonchev–Trinajstić information content (AvgIpc) is 3.17. The molecule has 0 radical (unpaired) electrons. The van der Waals surface area contributed by atoms with E-state index in [1.54, 1.807) is 11.3 Å². The highest BCUT2D eigenvalue weighted by molar-refractivity contribution is 7.22. The highest BCUT2D eigenvalue weighted by atomic mass is 32.1. The number of nitrogens with zero attached hydrogens (tertiary/aromatic N) is 2. The van der Waals surface area contributed by atoms with Crippen LogP contribution in [-0.4, -0.2) is 10.9 Å². The van der Waals surface area contributed by atoms with Gasteiger partial charge in [0.15, 0.2) is 5.13 Å². The maximum absolute atomic E-state index is 13.3. The summed E-state index contributed by atoms with van der Waals surface area (Å²) in [4.78, 5) is 19.9. The summed E-state index contributed by atoms with van der Waals surface area (Å²) in [6.07, 6.45) is 0.362. The van der Waals surface area contributed by atoms with Crippen LogP contribution in [0.2, 0.25) is 0 Å². The number of fused-ring (bicyclic) bond motifs is 1. The van der Waals surface area contributed by atoms with Crippen molar-refractivity contribution in [3.8, 4) is 0 Å². The summed E-state index contributed by atoms with van der Waals surface area (Å²) < 4.78 is 1.09. The molecule has 3 aromatic carbocycles. The van der Waals surface area contributed by atoms with Crippen molar-refractivity contribution in [2.75, 3.05) is 4.90 Å². The van der Waals surface area contributed by atoms with E-state index in [4.69, 9.17) is 4.98 Å². The number of aromatic nitrogens is 1. The van der Waals surface area contributed by atoms with Gasteiger partial charge >= 0.3 is 0 Å². The minimum absolute atomic E-state index is 0.0604. The van der Waals surface area contributed by atoms with Crippen molar-refractivity contribution in [2.45, 2.75) is 32.7 Å². The van der Waals surface area contributed by atoms with Crippen LogP contribution < -0.4 is 4.90 Å². The quantitative estimate of drug-likeness (QED) is 0.386. The second-order valence-electron chi connectivity index (χ2n) is 7.50. The minimum atomic E-state index is 0.0604. The highest BCUT2D eigenvalue weighted by Gasteiger charge is 2.20. The molecule has 29 heavy (non-hydrogen) atoms. The Kier molecular flexibility index (Phi) is 5.72. The molecule has 3 nitrogen and oxygen atoms in total. The van der Waals surface area contributed by atoms with Gasteiger partial charge in [-0.2, -0.15) is 0 Å². The molecule has 146 valence electrons. The fraction of sp³-hybridized carbons (Fsp3) is 0.200. The van der Waals surface area contributed by atoms with Crippen LogP contribution in [0.15, 0.2) is 78.9 Å². The zero-order valence-corrected chi connectivity index (χ0v) is 17.5. The number of rotatable bonds is 6. The molecule has 4 aromatic rings. The number of benzene rings is 3. The smallest absolute Gasteiger partial charge is 0.233 e. The lowest BCUT2D eigenvalue weighted by Gasteiger charge is -2.20. The predicted molar refractivity (Wildman–Crippen MR) is 121 cm³/mol. The molecule has 4 heteroatoms. The van der Waals surface area contributed by atoms with Gasteiger partial charge in [0, 0.05) is 0 Å². The van der Waals surface area contributed by atoms with E-state index in [1.165, 1.54) is 5.56 Å². The number of hydrogen-bond donors (Lipinski definition) is 0. The van der Waals surface area contributed by atoms with E-state index in [2.05, 4.69) is 38.1 Å². The summed E-state index contributed by atoms with van der Waals surface area (Å²) in [6.45, 7) is 4.87. The van der Waals surface area contributed by atoms with Crippen molar-refractivity contribution in [3.05, 3.63) is 95.6 Å². The molecule has 1 aromatic heterocycles. The van der Waals surface area contributed by atoms with Gasteiger partial charge in [-0.05, 0) is 34.7 Å². The van der Waals surface area contributed by atoms with Gasteiger partial charge in [0.05, 0.1) is 23.2 Å². The Hall–Kier alpha value is -2.98. The zero-order valence-electron chi connectivity index (χ0n) is 16.7. The van der Waals surface area contributed by atoms with Gasteiger partial charge in [-0.15, -0.1) is 0 Å². The van der Waals surface area contributed by atoms with Gasteiger partial charge < -0.3 is 0 Å². The summed E-state index contributed by atoms with van der Waals surface area (Å²) in [5, 5.41) is 0.749. The van der Waals surface area contributed by atoms with Crippen molar-refractivity contribution >= 4 is 32.6 Å². The first-order valence-corrected chi connectivity index (χ1v) is 10.7. The van der Waals surface area contributed by atoms with E-state index < -0.39 is 0 Å². The van der Waals surface area contributed by atoms with E-state index in [0.29, 0.717) is 18.9 Å². The van der Waals surface area contributed by atoms with E-state index in [0.717, 1.165) is 26.5 Å². The molecule has 0 aliphatic heterocycles. The Bertz CT molecular complexity index is 1070. The Morgan fingerprint density at radius 1 is 0.897 bits per heavy atom. The van der Waals surface area contributed by atoms with Crippen LogP contribution in [0.1, 0.15) is 36.5 Å². The first-order chi connectivity index (χ1) is 14.1. The van der Waals surface area contributed by atoms with Crippen LogP contribution in [0.3, 0.4) is 0 Å². The van der Waals surface area contributed by atoms with Gasteiger partial charge in [-0.25, -0.2) is 4.98 Å². The van der Waals surface area contributed by atoms with Gasteiger partial charge in [0.2, 0.25) is 5.91 Å². The number of amides is 1. The maximum Gasteiger partial charge on any atom is 0.233 e. The Morgan fingerprint density at radius 2 is 1.59 bits per heavy atom. The molecule has 0 N–H and O–H groups in total. The molecule has 1 heterocycles. The number of thiazole rings is 1. The van der Waals surface area contributed by atoms with E-state index in [9.17, 15) is 4.79 Å². The average molecular weight is 401 g/mol. The van der Waals surface area contributed by atoms with Crippen molar-refractivity contribution in [2.24, 2.45) is 0 Å². The van der Waals surface area contributed by atoms with Crippen LogP contribution in [0.25, 0.3) is 10.2 Å². The Morgan fingerprint density at radius 3 is 2.28 bits per heavy atom. The minimum Gasteiger partial charge on any atom is -0.283 e. The number of carbonyl (C=O) groups is 1. The molecule has 0 fully saturated rings. The maximum atomic E-state index is 13.3. The van der Waals surface area contributed by atoms with E-state index >= 15 is 0 Å². The van der Waals surface area contributed by atoms with Crippen molar-refractivity contribution in [1.29, 1.82) is 0 Å². The van der Waals surface area contributed by atoms with Gasteiger partial charge in [-0.3, -0.25) is 9.69 Å². The molecule has 0 atom stereocenters. The summed E-state index contributed by atoms with van der Waals surface area (Å²) in [7, 11) is 0. The second-order valence-corrected chi connectivity index (χ2v) is 8.51. The summed E-state index contributed by atoms with van der Waals surface area (Å²) in [5.41, 5.74) is 4.34. The monoisotopic (exact) mass is 400 g/mol. The zero-order chi connectivity index (χ0) is 20.2. The van der Waals surface area contributed by atoms with Gasteiger partial charge in [0.25, 0.3) is 0 Å². The third-order valence-corrected chi connectivity index (χ3v) is 6.06. The highest BCUT2D eigenvalue weighted by Crippen LogP contribution is 2.30. The fourth-order valence-electron chi connectivity index (χ4n) is 3.29. The Balaban J connectivity index is 1.62. The molecule has 0 aliphatic carbocycles. The standard InChI is InChI=1S/C25H24N2OS/c1-18(2)21-14-12-19(13-15-21)16-24(28)27(17-20-8-4-3-5-9-20)25-26-22-10-6-7-11-23(22)29-25/h3-15,18H,16-17H2,1-2H3. The molecular formula is C25H24N2OS. The van der Waals surface area contributed by atoms with E-state index in [-0.39, 0.29) is 5.91 Å². The van der Waals surface area contributed by atoms with Gasteiger partial charge in [0.1, 0.15) is 0 Å². The third-order valence-electron chi connectivity index (χ3n) is 5.00.